The van der Waals surface area contributed by atoms with E-state index in [1.807, 2.05) is 0 Å². The third-order valence-corrected chi connectivity index (χ3v) is 4.13. The Morgan fingerprint density at radius 2 is 2.05 bits per heavy atom. The number of carboxylic acids is 1. The molecule has 1 aromatic carbocycles. The van der Waals surface area contributed by atoms with Gasteiger partial charge in [-0.25, -0.2) is 4.79 Å². The number of thiophene rings is 1. The van der Waals surface area contributed by atoms with Gasteiger partial charge in [-0.15, -0.1) is 11.3 Å². The first kappa shape index (κ1) is 15.3. The van der Waals surface area contributed by atoms with Crippen molar-refractivity contribution in [1.82, 2.24) is 0 Å². The topological polar surface area (TPSA) is 75.6 Å². The second-order valence-electron chi connectivity index (χ2n) is 4.23. The van der Waals surface area contributed by atoms with Gasteiger partial charge in [-0.05, 0) is 36.8 Å². The van der Waals surface area contributed by atoms with E-state index in [1.165, 1.54) is 13.2 Å². The van der Waals surface area contributed by atoms with Gasteiger partial charge in [0.25, 0.3) is 5.91 Å². The smallest absolute Gasteiger partial charge is 0.346 e. The van der Waals surface area contributed by atoms with Crippen molar-refractivity contribution in [2.75, 3.05) is 12.4 Å². The molecule has 0 atom stereocenters. The molecule has 0 fully saturated rings. The number of carbonyl (C=O) groups is 2. The van der Waals surface area contributed by atoms with Crippen LogP contribution in [0.1, 0.15) is 25.6 Å². The molecule has 0 spiro atoms. The molecule has 0 radical (unpaired) electrons. The molecule has 1 aromatic heterocycles. The van der Waals surface area contributed by atoms with Crippen LogP contribution in [-0.2, 0) is 0 Å². The van der Waals surface area contributed by atoms with Crippen LogP contribution in [0.15, 0.2) is 24.3 Å². The SMILES string of the molecule is COc1ccc(Cl)cc1C(=O)Nc1cc(C)c(C(=O)O)s1. The molecule has 2 aromatic rings. The molecule has 5 nitrogen and oxygen atoms in total. The molecule has 2 N–H and O–H groups in total. The lowest BCUT2D eigenvalue weighted by atomic mass is 10.2. The summed E-state index contributed by atoms with van der Waals surface area (Å²) in [7, 11) is 1.46. The standard InChI is InChI=1S/C14H12ClNO4S/c1-7-5-11(21-12(7)14(18)19)16-13(17)9-6-8(15)3-4-10(9)20-2/h3-6H,1-2H3,(H,16,17)(H,18,19). The lowest BCUT2D eigenvalue weighted by Crippen LogP contribution is -2.12. The summed E-state index contributed by atoms with van der Waals surface area (Å²) in [4.78, 5) is 23.4. The minimum absolute atomic E-state index is 0.198. The van der Waals surface area contributed by atoms with Crippen LogP contribution in [0.4, 0.5) is 5.00 Å². The predicted molar refractivity (Wildman–Crippen MR) is 82.0 cm³/mol. The zero-order valence-electron chi connectivity index (χ0n) is 11.3. The van der Waals surface area contributed by atoms with Gasteiger partial charge in [-0.3, -0.25) is 4.79 Å². The predicted octanol–water partition coefficient (Wildman–Crippen LogP) is 3.67. The first-order valence-corrected chi connectivity index (χ1v) is 7.10. The average Bonchev–Trinajstić information content (AvgIpc) is 2.79. The van der Waals surface area contributed by atoms with E-state index < -0.39 is 11.9 Å². The Hall–Kier alpha value is -2.05. The highest BCUT2D eigenvalue weighted by molar-refractivity contribution is 7.18. The fourth-order valence-electron chi connectivity index (χ4n) is 1.79. The van der Waals surface area contributed by atoms with Crippen LogP contribution in [-0.4, -0.2) is 24.1 Å². The number of hydrogen-bond donors (Lipinski definition) is 2. The van der Waals surface area contributed by atoms with Crippen LogP contribution < -0.4 is 10.1 Å². The summed E-state index contributed by atoms with van der Waals surface area (Å²) < 4.78 is 5.12. The van der Waals surface area contributed by atoms with E-state index >= 15 is 0 Å². The van der Waals surface area contributed by atoms with Gasteiger partial charge in [0.2, 0.25) is 0 Å². The molecule has 1 heterocycles. The number of halogens is 1. The van der Waals surface area contributed by atoms with E-state index in [0.717, 1.165) is 11.3 Å². The molecule has 110 valence electrons. The molecular formula is C14H12ClNO4S. The average molecular weight is 326 g/mol. The first-order chi connectivity index (χ1) is 9.92. The first-order valence-electron chi connectivity index (χ1n) is 5.91. The molecule has 0 saturated heterocycles. The van der Waals surface area contributed by atoms with Crippen LogP contribution >= 0.6 is 22.9 Å². The number of methoxy groups -OCH3 is 1. The fourth-order valence-corrected chi connectivity index (χ4v) is 2.87. The number of nitrogens with one attached hydrogen (secondary N) is 1. The van der Waals surface area contributed by atoms with Gasteiger partial charge in [-0.1, -0.05) is 11.6 Å². The van der Waals surface area contributed by atoms with E-state index in [-0.39, 0.29) is 10.4 Å². The molecule has 0 saturated carbocycles. The highest BCUT2D eigenvalue weighted by Gasteiger charge is 2.17. The molecule has 0 aliphatic carbocycles. The Morgan fingerprint density at radius 3 is 2.62 bits per heavy atom. The maximum absolute atomic E-state index is 12.2. The largest absolute Gasteiger partial charge is 0.496 e. The van der Waals surface area contributed by atoms with Crippen molar-refractivity contribution in [3.8, 4) is 5.75 Å². The Kier molecular flexibility index (Phi) is 4.50. The lowest BCUT2D eigenvalue weighted by molar-refractivity contribution is 0.0701. The van der Waals surface area contributed by atoms with E-state index in [0.29, 0.717) is 21.3 Å². The summed E-state index contributed by atoms with van der Waals surface area (Å²) in [6.45, 7) is 1.68. The Bertz CT molecular complexity index is 711. The van der Waals surface area contributed by atoms with Crippen LogP contribution in [0.5, 0.6) is 5.75 Å². The summed E-state index contributed by atoms with van der Waals surface area (Å²) in [6, 6.07) is 6.33. The van der Waals surface area contributed by atoms with Crippen molar-refractivity contribution in [3.05, 3.63) is 45.3 Å². The summed E-state index contributed by atoms with van der Waals surface area (Å²) >= 11 is 6.88. The van der Waals surface area contributed by atoms with Gasteiger partial charge < -0.3 is 15.2 Å². The van der Waals surface area contributed by atoms with Crippen LogP contribution in [0.2, 0.25) is 5.02 Å². The quantitative estimate of drug-likeness (QED) is 0.899. The number of hydrogen-bond acceptors (Lipinski definition) is 4. The molecule has 0 aliphatic heterocycles. The van der Waals surface area contributed by atoms with Gasteiger partial charge >= 0.3 is 5.97 Å². The Balaban J connectivity index is 2.28. The van der Waals surface area contributed by atoms with Crippen molar-refractivity contribution in [2.45, 2.75) is 6.92 Å². The number of aryl methyl sites for hydroxylation is 1. The third-order valence-electron chi connectivity index (χ3n) is 2.75. The minimum atomic E-state index is -1.02. The highest BCUT2D eigenvalue weighted by Crippen LogP contribution is 2.29. The minimum Gasteiger partial charge on any atom is -0.496 e. The van der Waals surface area contributed by atoms with Gasteiger partial charge in [0.15, 0.2) is 0 Å². The molecule has 0 unspecified atom stereocenters. The normalized spacial score (nSPS) is 10.2. The lowest BCUT2D eigenvalue weighted by Gasteiger charge is -2.08. The van der Waals surface area contributed by atoms with Crippen LogP contribution in [0, 0.1) is 6.92 Å². The second kappa shape index (κ2) is 6.15. The zero-order chi connectivity index (χ0) is 15.6. The molecule has 1 amide bonds. The van der Waals surface area contributed by atoms with Crippen LogP contribution in [0.25, 0.3) is 0 Å². The molecule has 2 rings (SSSR count). The molecule has 21 heavy (non-hydrogen) atoms. The number of anilines is 1. The third kappa shape index (κ3) is 3.34. The van der Waals surface area contributed by atoms with Crippen molar-refractivity contribution in [2.24, 2.45) is 0 Å². The fraction of sp³-hybridized carbons (Fsp3) is 0.143. The summed E-state index contributed by atoms with van der Waals surface area (Å²) in [5.74, 6) is -1.03. The number of ether oxygens (including phenoxy) is 1. The van der Waals surface area contributed by atoms with Crippen molar-refractivity contribution < 1.29 is 19.4 Å². The van der Waals surface area contributed by atoms with Crippen molar-refractivity contribution in [1.29, 1.82) is 0 Å². The van der Waals surface area contributed by atoms with E-state index in [9.17, 15) is 9.59 Å². The van der Waals surface area contributed by atoms with Gasteiger partial charge in [-0.2, -0.15) is 0 Å². The van der Waals surface area contributed by atoms with Gasteiger partial charge in [0, 0.05) is 5.02 Å². The van der Waals surface area contributed by atoms with Gasteiger partial charge in [0.1, 0.15) is 10.6 Å². The van der Waals surface area contributed by atoms with E-state index in [2.05, 4.69) is 5.32 Å². The van der Waals surface area contributed by atoms with Crippen LogP contribution in [0.3, 0.4) is 0 Å². The second-order valence-corrected chi connectivity index (χ2v) is 5.72. The van der Waals surface area contributed by atoms with Crippen molar-refractivity contribution in [3.63, 3.8) is 0 Å². The zero-order valence-corrected chi connectivity index (χ0v) is 12.8. The number of benzene rings is 1. The molecular weight excluding hydrogens is 314 g/mol. The monoisotopic (exact) mass is 325 g/mol. The van der Waals surface area contributed by atoms with E-state index in [1.54, 1.807) is 25.1 Å². The Labute approximate surface area is 130 Å². The molecule has 7 heteroatoms. The maximum atomic E-state index is 12.2. The van der Waals surface area contributed by atoms with E-state index in [4.69, 9.17) is 21.4 Å². The summed E-state index contributed by atoms with van der Waals surface area (Å²) in [5, 5.41) is 12.5. The number of carboxylic acid groups (broad SMARTS) is 1. The van der Waals surface area contributed by atoms with Crippen molar-refractivity contribution >= 4 is 39.8 Å². The summed E-state index contributed by atoms with van der Waals surface area (Å²) in [5.41, 5.74) is 0.883. The molecule has 0 bridgehead atoms. The Morgan fingerprint density at radius 1 is 1.33 bits per heavy atom. The van der Waals surface area contributed by atoms with Gasteiger partial charge in [0.05, 0.1) is 17.7 Å². The number of rotatable bonds is 4. The maximum Gasteiger partial charge on any atom is 0.346 e. The highest BCUT2D eigenvalue weighted by atomic mass is 35.5. The molecule has 0 aliphatic rings. The number of amides is 1. The summed E-state index contributed by atoms with van der Waals surface area (Å²) in [6.07, 6.45) is 0. The number of carbonyl (C=O) groups excluding carboxylic acids is 1. The number of aromatic carboxylic acids is 1.